The lowest BCUT2D eigenvalue weighted by Crippen LogP contribution is -2.11. The van der Waals surface area contributed by atoms with Crippen LogP contribution in [0.25, 0.3) is 11.0 Å². The van der Waals surface area contributed by atoms with Crippen LogP contribution in [-0.2, 0) is 0 Å². The van der Waals surface area contributed by atoms with E-state index in [1.54, 1.807) is 6.92 Å². The van der Waals surface area contributed by atoms with Gasteiger partial charge in [-0.2, -0.15) is 0 Å². The molecule has 0 atom stereocenters. The highest BCUT2D eigenvalue weighted by atomic mass is 16.3. The van der Waals surface area contributed by atoms with E-state index in [9.17, 15) is 4.79 Å². The molecular formula is C13H13NO2. The van der Waals surface area contributed by atoms with Crippen LogP contribution in [0.1, 0.15) is 40.4 Å². The molecule has 2 N–H and O–H groups in total. The summed E-state index contributed by atoms with van der Waals surface area (Å²) in [5.41, 5.74) is 7.95. The van der Waals surface area contributed by atoms with Crippen molar-refractivity contribution in [2.45, 2.75) is 25.7 Å². The van der Waals surface area contributed by atoms with Crippen LogP contribution in [0.3, 0.4) is 0 Å². The van der Waals surface area contributed by atoms with Gasteiger partial charge >= 0.3 is 0 Å². The number of carbonyl (C=O) groups is 1. The average molecular weight is 215 g/mol. The van der Waals surface area contributed by atoms with Crippen LogP contribution in [0.2, 0.25) is 0 Å². The highest BCUT2D eigenvalue weighted by Gasteiger charge is 2.28. The van der Waals surface area contributed by atoms with E-state index in [1.807, 2.05) is 12.1 Å². The molecular weight excluding hydrogens is 202 g/mol. The Kier molecular flexibility index (Phi) is 1.84. The number of primary amides is 1. The maximum atomic E-state index is 11.5. The summed E-state index contributed by atoms with van der Waals surface area (Å²) in [4.78, 5) is 11.5. The minimum Gasteiger partial charge on any atom is -0.461 e. The smallest absolute Gasteiger partial charge is 0.252 e. The predicted octanol–water partition coefficient (Wildman–Crippen LogP) is 2.72. The third-order valence-corrected chi connectivity index (χ3v) is 3.19. The molecule has 1 fully saturated rings. The van der Waals surface area contributed by atoms with Crippen molar-refractivity contribution in [3.05, 3.63) is 35.1 Å². The van der Waals surface area contributed by atoms with Crippen LogP contribution in [0.4, 0.5) is 0 Å². The zero-order chi connectivity index (χ0) is 11.3. The first-order valence-corrected chi connectivity index (χ1v) is 5.50. The number of fused-ring (bicyclic) bond motifs is 1. The number of rotatable bonds is 2. The lowest BCUT2D eigenvalue weighted by atomic mass is 10.0. The number of hydrogen-bond acceptors (Lipinski definition) is 2. The summed E-state index contributed by atoms with van der Waals surface area (Å²) >= 11 is 0. The summed E-state index contributed by atoms with van der Waals surface area (Å²) in [7, 11) is 0. The quantitative estimate of drug-likeness (QED) is 0.837. The van der Waals surface area contributed by atoms with Crippen molar-refractivity contribution in [3.63, 3.8) is 0 Å². The molecule has 0 radical (unpaired) electrons. The van der Waals surface area contributed by atoms with Gasteiger partial charge in [-0.05, 0) is 37.3 Å². The van der Waals surface area contributed by atoms with E-state index in [0.717, 1.165) is 11.0 Å². The van der Waals surface area contributed by atoms with Crippen LogP contribution in [0, 0.1) is 6.92 Å². The molecule has 1 amide bonds. The van der Waals surface area contributed by atoms with Crippen molar-refractivity contribution in [2.24, 2.45) is 5.73 Å². The SMILES string of the molecule is Cc1oc2cccc(C3CC3)c2c1C(N)=O. The Balaban J connectivity index is 2.38. The van der Waals surface area contributed by atoms with E-state index >= 15 is 0 Å². The molecule has 0 unspecified atom stereocenters. The first-order chi connectivity index (χ1) is 7.68. The van der Waals surface area contributed by atoms with Crippen LogP contribution in [-0.4, -0.2) is 5.91 Å². The Morgan fingerprint density at radius 3 is 2.81 bits per heavy atom. The number of furan rings is 1. The highest BCUT2D eigenvalue weighted by Crippen LogP contribution is 2.44. The number of aryl methyl sites for hydroxylation is 1. The molecule has 3 rings (SSSR count). The van der Waals surface area contributed by atoms with Gasteiger partial charge in [0.05, 0.1) is 5.56 Å². The fraction of sp³-hybridized carbons (Fsp3) is 0.308. The monoisotopic (exact) mass is 215 g/mol. The van der Waals surface area contributed by atoms with Gasteiger partial charge in [-0.15, -0.1) is 0 Å². The summed E-state index contributed by atoms with van der Waals surface area (Å²) in [6.45, 7) is 1.79. The van der Waals surface area contributed by atoms with E-state index in [1.165, 1.54) is 18.4 Å². The maximum Gasteiger partial charge on any atom is 0.252 e. The van der Waals surface area contributed by atoms with E-state index in [0.29, 0.717) is 17.2 Å². The summed E-state index contributed by atoms with van der Waals surface area (Å²) in [5.74, 6) is 0.804. The van der Waals surface area contributed by atoms with Crippen LogP contribution >= 0.6 is 0 Å². The van der Waals surface area contributed by atoms with Crippen molar-refractivity contribution in [1.29, 1.82) is 0 Å². The van der Waals surface area contributed by atoms with Crippen LogP contribution in [0.5, 0.6) is 0 Å². The number of amides is 1. The zero-order valence-electron chi connectivity index (χ0n) is 9.12. The summed E-state index contributed by atoms with van der Waals surface area (Å²) in [5, 5.41) is 0.926. The second kappa shape index (κ2) is 3.11. The minimum absolute atomic E-state index is 0.399. The largest absolute Gasteiger partial charge is 0.461 e. The lowest BCUT2D eigenvalue weighted by Gasteiger charge is -2.01. The normalized spacial score (nSPS) is 15.6. The van der Waals surface area contributed by atoms with Crippen molar-refractivity contribution < 1.29 is 9.21 Å². The number of hydrogen-bond donors (Lipinski definition) is 1. The second-order valence-electron chi connectivity index (χ2n) is 4.39. The van der Waals surface area contributed by atoms with E-state index in [2.05, 4.69) is 6.07 Å². The molecule has 1 aliphatic rings. The molecule has 1 saturated carbocycles. The Hall–Kier alpha value is -1.77. The molecule has 3 nitrogen and oxygen atoms in total. The first-order valence-electron chi connectivity index (χ1n) is 5.50. The Morgan fingerprint density at radius 1 is 1.44 bits per heavy atom. The zero-order valence-corrected chi connectivity index (χ0v) is 9.12. The van der Waals surface area contributed by atoms with Crippen molar-refractivity contribution in [3.8, 4) is 0 Å². The molecule has 1 aliphatic carbocycles. The molecule has 16 heavy (non-hydrogen) atoms. The topological polar surface area (TPSA) is 56.2 Å². The van der Waals surface area contributed by atoms with Gasteiger partial charge < -0.3 is 10.2 Å². The molecule has 2 aromatic rings. The molecule has 0 bridgehead atoms. The van der Waals surface area contributed by atoms with Gasteiger partial charge in [0, 0.05) is 5.39 Å². The molecule has 0 spiro atoms. The molecule has 1 heterocycles. The maximum absolute atomic E-state index is 11.5. The Morgan fingerprint density at radius 2 is 2.19 bits per heavy atom. The van der Waals surface area contributed by atoms with Gasteiger partial charge in [-0.3, -0.25) is 4.79 Å². The van der Waals surface area contributed by atoms with Crippen molar-refractivity contribution in [1.82, 2.24) is 0 Å². The summed E-state index contributed by atoms with van der Waals surface area (Å²) < 4.78 is 5.58. The van der Waals surface area contributed by atoms with Gasteiger partial charge in [0.1, 0.15) is 11.3 Å². The third-order valence-electron chi connectivity index (χ3n) is 3.19. The lowest BCUT2D eigenvalue weighted by molar-refractivity contribution is 0.1000. The molecule has 82 valence electrons. The van der Waals surface area contributed by atoms with Gasteiger partial charge in [-0.25, -0.2) is 0 Å². The van der Waals surface area contributed by atoms with E-state index < -0.39 is 5.91 Å². The second-order valence-corrected chi connectivity index (χ2v) is 4.39. The van der Waals surface area contributed by atoms with Gasteiger partial charge in [0.25, 0.3) is 5.91 Å². The van der Waals surface area contributed by atoms with Crippen LogP contribution in [0.15, 0.2) is 22.6 Å². The molecule has 3 heteroatoms. The Bertz CT molecular complexity index is 579. The first kappa shape index (κ1) is 9.46. The average Bonchev–Trinajstić information content (AvgIpc) is 2.99. The van der Waals surface area contributed by atoms with E-state index in [-0.39, 0.29) is 0 Å². The van der Waals surface area contributed by atoms with Gasteiger partial charge in [0.2, 0.25) is 0 Å². The van der Waals surface area contributed by atoms with Gasteiger partial charge in [0.15, 0.2) is 0 Å². The summed E-state index contributed by atoms with van der Waals surface area (Å²) in [6.07, 6.45) is 2.39. The number of benzene rings is 1. The minimum atomic E-state index is -0.399. The van der Waals surface area contributed by atoms with Crippen LogP contribution < -0.4 is 5.73 Å². The summed E-state index contributed by atoms with van der Waals surface area (Å²) in [6, 6.07) is 5.94. The fourth-order valence-electron chi connectivity index (χ4n) is 2.32. The number of carbonyl (C=O) groups excluding carboxylic acids is 1. The standard InChI is InChI=1S/C13H13NO2/c1-7-11(13(14)15)12-9(8-5-6-8)3-2-4-10(12)16-7/h2-4,8H,5-6H2,1H3,(H2,14,15). The van der Waals surface area contributed by atoms with Crippen molar-refractivity contribution >= 4 is 16.9 Å². The van der Waals surface area contributed by atoms with E-state index in [4.69, 9.17) is 10.2 Å². The van der Waals surface area contributed by atoms with Crippen molar-refractivity contribution in [2.75, 3.05) is 0 Å². The molecule has 0 saturated heterocycles. The third kappa shape index (κ3) is 1.24. The fourth-order valence-corrected chi connectivity index (χ4v) is 2.32. The Labute approximate surface area is 93.2 Å². The number of nitrogens with two attached hydrogens (primary N) is 1. The van der Waals surface area contributed by atoms with Gasteiger partial charge in [-0.1, -0.05) is 12.1 Å². The highest BCUT2D eigenvalue weighted by molar-refractivity contribution is 6.07. The molecule has 1 aromatic heterocycles. The molecule has 1 aromatic carbocycles. The predicted molar refractivity (Wildman–Crippen MR) is 61.4 cm³/mol. The molecule has 0 aliphatic heterocycles.